The van der Waals surface area contributed by atoms with Crippen molar-refractivity contribution in [3.8, 4) is 0 Å². The molecule has 2 atom stereocenters. The number of carbonyl (C=O) groups is 2. The summed E-state index contributed by atoms with van der Waals surface area (Å²) >= 11 is 0. The predicted molar refractivity (Wildman–Crippen MR) is 62.4 cm³/mol. The Balaban J connectivity index is 2.28. The van der Waals surface area contributed by atoms with E-state index in [1.165, 1.54) is 6.92 Å². The smallest absolute Gasteiger partial charge is 0.323 e. The first-order chi connectivity index (χ1) is 8.13. The fourth-order valence-corrected chi connectivity index (χ4v) is 2.05. The molecule has 1 N–H and O–H groups in total. The van der Waals surface area contributed by atoms with Gasteiger partial charge in [-0.15, -0.1) is 0 Å². The second-order valence-electron chi connectivity index (χ2n) is 4.28. The third kappa shape index (κ3) is 5.17. The van der Waals surface area contributed by atoms with Crippen LogP contribution in [-0.4, -0.2) is 37.7 Å². The maximum Gasteiger partial charge on any atom is 0.323 e. The molecule has 5 heteroatoms. The van der Waals surface area contributed by atoms with Crippen LogP contribution in [0, 0.1) is 5.92 Å². The number of carbonyl (C=O) groups excluding carboxylic acids is 2. The Bertz CT molecular complexity index is 267. The summed E-state index contributed by atoms with van der Waals surface area (Å²) in [5.74, 6) is -0.00410. The van der Waals surface area contributed by atoms with Gasteiger partial charge in [-0.25, -0.2) is 0 Å². The molecule has 0 aromatic carbocycles. The molecule has 0 aromatic rings. The van der Waals surface area contributed by atoms with Gasteiger partial charge in [0.15, 0.2) is 0 Å². The van der Waals surface area contributed by atoms with Crippen LogP contribution >= 0.6 is 0 Å². The molecule has 1 aliphatic rings. The quantitative estimate of drug-likeness (QED) is 0.726. The molecule has 1 saturated heterocycles. The molecule has 0 radical (unpaired) electrons. The summed E-state index contributed by atoms with van der Waals surface area (Å²) in [5.41, 5.74) is 0. The van der Waals surface area contributed by atoms with Crippen LogP contribution in [0.15, 0.2) is 0 Å². The average molecular weight is 243 g/mol. The van der Waals surface area contributed by atoms with E-state index in [9.17, 15) is 9.59 Å². The normalized spacial score (nSPS) is 24.1. The summed E-state index contributed by atoms with van der Waals surface area (Å²) in [6.07, 6.45) is 2.59. The molecule has 1 rings (SSSR count). The molecular formula is C12H21NO4. The number of hydrogen-bond donors (Lipinski definition) is 1. The fourth-order valence-electron chi connectivity index (χ4n) is 2.05. The minimum Gasteiger partial charge on any atom is -0.466 e. The lowest BCUT2D eigenvalue weighted by atomic mass is 9.90. The minimum atomic E-state index is -0.249. The molecule has 17 heavy (non-hydrogen) atoms. The molecule has 1 fully saturated rings. The third-order valence-electron chi connectivity index (χ3n) is 2.91. The molecule has 5 nitrogen and oxygen atoms in total. The van der Waals surface area contributed by atoms with Crippen molar-refractivity contribution < 1.29 is 19.1 Å². The van der Waals surface area contributed by atoms with Gasteiger partial charge in [0, 0.05) is 6.92 Å². The molecule has 0 spiro atoms. The van der Waals surface area contributed by atoms with Gasteiger partial charge in [0.05, 0.1) is 13.2 Å². The highest BCUT2D eigenvalue weighted by Crippen LogP contribution is 2.20. The van der Waals surface area contributed by atoms with Crippen molar-refractivity contribution in [2.45, 2.75) is 39.2 Å². The van der Waals surface area contributed by atoms with Gasteiger partial charge in [0.25, 0.3) is 0 Å². The van der Waals surface area contributed by atoms with Crippen LogP contribution in [-0.2, 0) is 19.1 Å². The lowest BCUT2D eigenvalue weighted by Crippen LogP contribution is -2.44. The second kappa shape index (κ2) is 7.27. The number of piperidine rings is 1. The summed E-state index contributed by atoms with van der Waals surface area (Å²) < 4.78 is 9.90. The van der Waals surface area contributed by atoms with Gasteiger partial charge in [-0.3, -0.25) is 9.59 Å². The first kappa shape index (κ1) is 14.0. The van der Waals surface area contributed by atoms with E-state index < -0.39 is 0 Å². The Morgan fingerprint density at radius 1 is 1.35 bits per heavy atom. The number of esters is 2. The van der Waals surface area contributed by atoms with Gasteiger partial charge < -0.3 is 14.8 Å². The Morgan fingerprint density at radius 2 is 2.12 bits per heavy atom. The lowest BCUT2D eigenvalue weighted by molar-refractivity contribution is -0.147. The van der Waals surface area contributed by atoms with Crippen LogP contribution < -0.4 is 5.32 Å². The van der Waals surface area contributed by atoms with E-state index in [2.05, 4.69) is 5.32 Å². The summed E-state index contributed by atoms with van der Waals surface area (Å²) in [5, 5.41) is 3.15. The van der Waals surface area contributed by atoms with Gasteiger partial charge in [0.1, 0.15) is 6.04 Å². The molecule has 2 unspecified atom stereocenters. The Kier molecular flexibility index (Phi) is 5.97. The van der Waals surface area contributed by atoms with E-state index in [0.717, 1.165) is 25.8 Å². The van der Waals surface area contributed by atoms with Gasteiger partial charge in [-0.1, -0.05) is 0 Å². The first-order valence-corrected chi connectivity index (χ1v) is 6.16. The topological polar surface area (TPSA) is 64.6 Å². The molecule has 0 saturated carbocycles. The van der Waals surface area contributed by atoms with Crippen LogP contribution in [0.4, 0.5) is 0 Å². The summed E-state index contributed by atoms with van der Waals surface area (Å²) in [6, 6.07) is -0.203. The van der Waals surface area contributed by atoms with Crippen molar-refractivity contribution in [2.24, 2.45) is 5.92 Å². The number of ether oxygens (including phenoxy) is 2. The van der Waals surface area contributed by atoms with E-state index in [4.69, 9.17) is 9.47 Å². The highest BCUT2D eigenvalue weighted by Gasteiger charge is 2.27. The van der Waals surface area contributed by atoms with Crippen molar-refractivity contribution in [2.75, 3.05) is 19.8 Å². The maximum atomic E-state index is 11.6. The van der Waals surface area contributed by atoms with Gasteiger partial charge in [-0.2, -0.15) is 0 Å². The summed E-state index contributed by atoms with van der Waals surface area (Å²) in [4.78, 5) is 22.2. The molecule has 0 aliphatic carbocycles. The predicted octanol–water partition coefficient (Wildman–Crippen LogP) is 0.871. The van der Waals surface area contributed by atoms with Crippen molar-refractivity contribution in [3.05, 3.63) is 0 Å². The van der Waals surface area contributed by atoms with Crippen molar-refractivity contribution in [1.29, 1.82) is 0 Å². The van der Waals surface area contributed by atoms with Gasteiger partial charge in [0.2, 0.25) is 0 Å². The molecule has 0 aromatic heterocycles. The lowest BCUT2D eigenvalue weighted by Gasteiger charge is -2.28. The summed E-state index contributed by atoms with van der Waals surface area (Å²) in [6.45, 7) is 4.88. The van der Waals surface area contributed by atoms with Gasteiger partial charge in [-0.05, 0) is 38.6 Å². The van der Waals surface area contributed by atoms with Crippen molar-refractivity contribution >= 4 is 11.9 Å². The highest BCUT2D eigenvalue weighted by molar-refractivity contribution is 5.75. The van der Waals surface area contributed by atoms with Crippen LogP contribution in [0.2, 0.25) is 0 Å². The van der Waals surface area contributed by atoms with E-state index in [0.29, 0.717) is 19.1 Å². The molecule has 0 bridgehead atoms. The SMILES string of the molecule is CCOC(=O)C1CC(CCOC(C)=O)CCN1. The standard InChI is InChI=1S/C12H21NO4/c1-3-16-12(15)11-8-10(4-6-13-11)5-7-17-9(2)14/h10-11,13H,3-8H2,1-2H3. The van der Waals surface area contributed by atoms with Crippen molar-refractivity contribution in [1.82, 2.24) is 5.32 Å². The van der Waals surface area contributed by atoms with E-state index in [-0.39, 0.29) is 18.0 Å². The number of nitrogens with one attached hydrogen (secondary N) is 1. The molecule has 1 heterocycles. The first-order valence-electron chi connectivity index (χ1n) is 6.16. The zero-order valence-electron chi connectivity index (χ0n) is 10.5. The molecular weight excluding hydrogens is 222 g/mol. The zero-order chi connectivity index (χ0) is 12.7. The maximum absolute atomic E-state index is 11.6. The van der Waals surface area contributed by atoms with E-state index in [1.807, 2.05) is 0 Å². The van der Waals surface area contributed by atoms with Crippen LogP contribution in [0.3, 0.4) is 0 Å². The third-order valence-corrected chi connectivity index (χ3v) is 2.91. The monoisotopic (exact) mass is 243 g/mol. The zero-order valence-corrected chi connectivity index (χ0v) is 10.5. The highest BCUT2D eigenvalue weighted by atomic mass is 16.5. The second-order valence-corrected chi connectivity index (χ2v) is 4.28. The summed E-state index contributed by atoms with van der Waals surface area (Å²) in [7, 11) is 0. The molecule has 1 aliphatic heterocycles. The molecule has 0 amide bonds. The fraction of sp³-hybridized carbons (Fsp3) is 0.833. The van der Waals surface area contributed by atoms with E-state index >= 15 is 0 Å². The average Bonchev–Trinajstić information content (AvgIpc) is 2.29. The Morgan fingerprint density at radius 3 is 2.76 bits per heavy atom. The van der Waals surface area contributed by atoms with E-state index in [1.54, 1.807) is 6.92 Å². The minimum absolute atomic E-state index is 0.176. The van der Waals surface area contributed by atoms with Gasteiger partial charge >= 0.3 is 11.9 Å². The van der Waals surface area contributed by atoms with Crippen LogP contribution in [0.1, 0.15) is 33.1 Å². The Hall–Kier alpha value is -1.10. The van der Waals surface area contributed by atoms with Crippen molar-refractivity contribution in [3.63, 3.8) is 0 Å². The number of rotatable bonds is 5. The molecule has 98 valence electrons. The number of hydrogen-bond acceptors (Lipinski definition) is 5. The largest absolute Gasteiger partial charge is 0.466 e. The van der Waals surface area contributed by atoms with Crippen LogP contribution in [0.25, 0.3) is 0 Å². The van der Waals surface area contributed by atoms with Crippen LogP contribution in [0.5, 0.6) is 0 Å². The Labute approximate surface area is 102 Å².